The van der Waals surface area contributed by atoms with E-state index >= 15 is 0 Å². The number of hydrogen-bond donors (Lipinski definition) is 1. The van der Waals surface area contributed by atoms with Gasteiger partial charge in [-0.25, -0.2) is 9.59 Å². The maximum absolute atomic E-state index is 13.7. The summed E-state index contributed by atoms with van der Waals surface area (Å²) in [7, 11) is 0. The summed E-state index contributed by atoms with van der Waals surface area (Å²) in [6.07, 6.45) is 14.7. The first kappa shape index (κ1) is 77.2. The minimum absolute atomic E-state index is 0. The summed E-state index contributed by atoms with van der Waals surface area (Å²) < 4.78 is 38.7. The summed E-state index contributed by atoms with van der Waals surface area (Å²) in [6, 6.07) is 0. The summed E-state index contributed by atoms with van der Waals surface area (Å²) in [6.45, 7) is 26.4. The molecule has 2 aliphatic heterocycles. The van der Waals surface area contributed by atoms with Gasteiger partial charge in [-0.05, 0) is 187 Å². The van der Waals surface area contributed by atoms with Crippen molar-refractivity contribution in [1.82, 2.24) is 0 Å². The fourth-order valence-electron chi connectivity index (χ4n) is 13.1. The quantitative estimate of drug-likeness (QED) is 0.0896. The number of carbonyl (C=O) groups is 6. The van der Waals surface area contributed by atoms with E-state index in [0.717, 1.165) is 23.7 Å². The van der Waals surface area contributed by atoms with Crippen molar-refractivity contribution in [1.29, 1.82) is 4.35 Å². The third-order valence-electron chi connectivity index (χ3n) is 17.0. The van der Waals surface area contributed by atoms with Crippen LogP contribution in [-0.2, 0) is 57.2 Å². The van der Waals surface area contributed by atoms with Crippen molar-refractivity contribution in [3.05, 3.63) is 24.3 Å². The molecule has 74 heavy (non-hydrogen) atoms. The van der Waals surface area contributed by atoms with Gasteiger partial charge in [-0.1, -0.05) is 72.1 Å². The molecule has 2 saturated heterocycles. The van der Waals surface area contributed by atoms with Gasteiger partial charge in [-0.3, -0.25) is 19.2 Å². The van der Waals surface area contributed by atoms with Crippen molar-refractivity contribution < 1.29 is 57.2 Å². The molecule has 1 N–H and O–H groups in total. The monoisotopic (exact) mass is 1060 g/mol. The first-order chi connectivity index (χ1) is 30.7. The Labute approximate surface area is 461 Å². The van der Waals surface area contributed by atoms with Gasteiger partial charge in [0.2, 0.25) is 0 Å². The van der Waals surface area contributed by atoms with Gasteiger partial charge >= 0.3 is 56.3 Å². The number of hydrogen-bond acceptors (Lipinski definition) is 13. The van der Waals surface area contributed by atoms with Crippen LogP contribution in [0.2, 0.25) is 0 Å². The number of cyclic esters (lactones) is 2. The van der Waals surface area contributed by atoms with E-state index in [1.165, 1.54) is 64.2 Å². The van der Waals surface area contributed by atoms with Gasteiger partial charge in [0.05, 0.1) is 36.9 Å². The van der Waals surface area contributed by atoms with Crippen LogP contribution >= 0.6 is 0 Å². The maximum atomic E-state index is 13.7. The van der Waals surface area contributed by atoms with Crippen LogP contribution in [-0.4, -0.2) is 95.9 Å². The Morgan fingerprint density at radius 2 is 0.878 bits per heavy atom. The Kier molecular flexibility index (Phi) is 31.3. The predicted molar refractivity (Wildman–Crippen MR) is 300 cm³/mol. The molecule has 10 fully saturated rings. The Morgan fingerprint density at radius 1 is 0.568 bits per heavy atom. The van der Waals surface area contributed by atoms with E-state index < -0.39 is 28.0 Å². The third-order valence-corrected chi connectivity index (χ3v) is 17.0. The second-order valence-corrected chi connectivity index (χ2v) is 23.3. The molecule has 8 saturated carbocycles. The van der Waals surface area contributed by atoms with Crippen molar-refractivity contribution in [2.24, 2.45) is 58.2 Å². The van der Waals surface area contributed by atoms with E-state index in [0.29, 0.717) is 67.1 Å². The van der Waals surface area contributed by atoms with E-state index in [1.807, 2.05) is 27.7 Å². The number of carbonyl (C=O) groups excluding carboxylic acids is 6. The molecule has 10 rings (SSSR count). The molecule has 2 heterocycles. The SMILES string of the molecule is C.C.C.C.C.C.C.C=C(C)C(=O)OC1(C)C2CC3CC(C2)CC1C3.C=C(C)C(=O)OC1(C)CCOC(=O)C1.CCC(C)(CC(C)(C)C(=O)OC1(C)CCOC(=O)C1)C(=O)OC1(C)C2CC3CC(C2)CC1C3.[B].[NH]=[Al]. The van der Waals surface area contributed by atoms with Crippen LogP contribution < -0.4 is 0 Å². The van der Waals surface area contributed by atoms with Crippen molar-refractivity contribution in [2.75, 3.05) is 13.2 Å². The van der Waals surface area contributed by atoms with E-state index in [1.54, 1.807) is 43.8 Å². The normalized spacial score (nSPS) is 33.5. The van der Waals surface area contributed by atoms with Crippen LogP contribution in [0.4, 0.5) is 0 Å². The zero-order valence-corrected chi connectivity index (χ0v) is 43.5. The molecule has 15 heteroatoms. The standard InChI is InChI=1S/C27H42O6.C15H22O2.C10H14O4.7CH4.Al.B.HN/c1-7-25(4,16-24(2,3)22(29)32-26(5)8-9-31-21(28)15-26)23(30)33-27(6)19-11-17-10-18(13-19)14-20(27)12-17;1-9(2)14(16)17-15(3)12-5-10-4-11(7-12)8-13(15)6-10;1-7(2)9(12)14-10(3)4-5-13-8(11)6-10;;;;;;;;;;/h17-20H,7-16H2,1-6H3;10-13H,1,4-8H2,2-3H3;1,4-6H2,2-3H3;7*1H4;;;1H. The molecule has 10 aliphatic rings. The first-order valence-electron chi connectivity index (χ1n) is 24.5. The Morgan fingerprint density at radius 3 is 1.19 bits per heavy atom. The number of ether oxygens (including phenoxy) is 6. The summed E-state index contributed by atoms with van der Waals surface area (Å²) in [5.74, 6) is 3.67. The van der Waals surface area contributed by atoms with Crippen LogP contribution in [0.1, 0.15) is 224 Å². The Balaban J connectivity index is -0.000000511. The van der Waals surface area contributed by atoms with Crippen LogP contribution in [0.25, 0.3) is 0 Å². The fourth-order valence-corrected chi connectivity index (χ4v) is 13.1. The summed E-state index contributed by atoms with van der Waals surface area (Å²) in [4.78, 5) is 72.6. The molecule has 0 aromatic rings. The molecule has 13 nitrogen and oxygen atoms in total. The Hall–Kier alpha value is -3.30. The van der Waals surface area contributed by atoms with E-state index in [4.69, 9.17) is 32.8 Å². The molecule has 0 amide bonds. The molecule has 0 aromatic carbocycles. The van der Waals surface area contributed by atoms with Crippen LogP contribution in [0.3, 0.4) is 0 Å². The predicted octanol–water partition coefficient (Wildman–Crippen LogP) is 13.7. The van der Waals surface area contributed by atoms with Gasteiger partial charge in [0.1, 0.15) is 22.4 Å². The zero-order chi connectivity index (χ0) is 49.2. The van der Waals surface area contributed by atoms with Gasteiger partial charge in [0.15, 0.2) is 0 Å². The average molecular weight is 1060 g/mol. The van der Waals surface area contributed by atoms with E-state index in [-0.39, 0.29) is 121 Å². The van der Waals surface area contributed by atoms with Crippen LogP contribution in [0, 0.1) is 62.5 Å². The van der Waals surface area contributed by atoms with Crippen molar-refractivity contribution in [3.8, 4) is 0 Å². The van der Waals surface area contributed by atoms with Gasteiger partial charge in [0, 0.05) is 32.4 Å². The average Bonchev–Trinajstić information content (AvgIpc) is 3.22. The third kappa shape index (κ3) is 17.6. The number of nitrogens with one attached hydrogen (secondary N) is 1. The molecule has 0 spiro atoms. The molecule has 3 atom stereocenters. The molecule has 8 bridgehead atoms. The molecule has 0 aromatic heterocycles. The van der Waals surface area contributed by atoms with Crippen molar-refractivity contribution >= 4 is 60.3 Å². The van der Waals surface area contributed by atoms with Crippen LogP contribution in [0.15, 0.2) is 24.3 Å². The minimum atomic E-state index is -0.890. The molecular weight excluding hydrogens is 952 g/mol. The number of esters is 6. The topological polar surface area (TPSA) is 182 Å². The van der Waals surface area contributed by atoms with Gasteiger partial charge < -0.3 is 28.4 Å². The molecule has 8 aliphatic carbocycles. The molecule has 426 valence electrons. The van der Waals surface area contributed by atoms with E-state index in [9.17, 15) is 28.8 Å². The van der Waals surface area contributed by atoms with E-state index in [2.05, 4.69) is 27.0 Å². The summed E-state index contributed by atoms with van der Waals surface area (Å²) in [5, 5.41) is 0. The van der Waals surface area contributed by atoms with Crippen molar-refractivity contribution in [2.45, 2.75) is 246 Å². The van der Waals surface area contributed by atoms with Gasteiger partial charge in [-0.2, -0.15) is 0 Å². The first-order valence-corrected chi connectivity index (χ1v) is 25.1. The number of rotatable bonds is 11. The summed E-state index contributed by atoms with van der Waals surface area (Å²) >= 11 is 1.67. The molecule has 4 radical (unpaired) electrons. The van der Waals surface area contributed by atoms with Crippen LogP contribution in [0.5, 0.6) is 0 Å². The molecule has 3 unspecified atom stereocenters. The second-order valence-electron chi connectivity index (χ2n) is 23.3. The second kappa shape index (κ2) is 30.0. The zero-order valence-electron chi connectivity index (χ0n) is 42.3. The Bertz CT molecular complexity index is 1850. The van der Waals surface area contributed by atoms with Gasteiger partial charge in [-0.15, -0.1) is 0 Å². The summed E-state index contributed by atoms with van der Waals surface area (Å²) in [5.41, 5.74) is -2.99. The van der Waals surface area contributed by atoms with Crippen molar-refractivity contribution in [3.63, 3.8) is 0 Å². The van der Waals surface area contributed by atoms with Gasteiger partial charge in [0.25, 0.3) is 0 Å². The fraction of sp³-hybridized carbons (Fsp3) is 0.831. The molecular formula is C59H107AlBNO12.